The fourth-order valence-corrected chi connectivity index (χ4v) is 3.50. The van der Waals surface area contributed by atoms with Gasteiger partial charge in [-0.15, -0.1) is 0 Å². The number of hydrogen-bond donors (Lipinski definition) is 1. The highest BCUT2D eigenvalue weighted by atomic mass is 35.5. The van der Waals surface area contributed by atoms with Gasteiger partial charge < -0.3 is 10.1 Å². The van der Waals surface area contributed by atoms with Gasteiger partial charge in [-0.2, -0.15) is 0 Å². The molecule has 0 bridgehead atoms. The van der Waals surface area contributed by atoms with Crippen LogP contribution in [0.15, 0.2) is 35.0 Å². The summed E-state index contributed by atoms with van der Waals surface area (Å²) in [6, 6.07) is 7.24. The van der Waals surface area contributed by atoms with E-state index in [4.69, 9.17) is 16.3 Å². The first-order chi connectivity index (χ1) is 11.6. The smallest absolute Gasteiger partial charge is 0.279 e. The van der Waals surface area contributed by atoms with Crippen molar-refractivity contribution in [2.24, 2.45) is 0 Å². The molecule has 3 rings (SSSR count). The quantitative estimate of drug-likeness (QED) is 0.825. The molecule has 1 fully saturated rings. The molecular weight excluding hydrogens is 328 g/mol. The largest absolute Gasteiger partial charge is 0.492 e. The van der Waals surface area contributed by atoms with Crippen molar-refractivity contribution in [3.8, 4) is 5.75 Å². The topological polar surface area (TPSA) is 58.6 Å². The molecule has 0 radical (unpaired) electrons. The molecule has 128 valence electrons. The third-order valence-corrected chi connectivity index (χ3v) is 4.80. The van der Waals surface area contributed by atoms with E-state index in [9.17, 15) is 9.59 Å². The number of ether oxygens (including phenoxy) is 1. The maximum atomic E-state index is 12.8. The molecule has 1 aliphatic carbocycles. The summed E-state index contributed by atoms with van der Waals surface area (Å²) in [5.41, 5.74) is 0.763. The lowest BCUT2D eigenvalue weighted by Gasteiger charge is -2.29. The molecule has 2 amide bonds. The van der Waals surface area contributed by atoms with Gasteiger partial charge in [0.15, 0.2) is 0 Å². The van der Waals surface area contributed by atoms with E-state index in [-0.39, 0.29) is 22.7 Å². The number of carbonyl (C=O) groups excluding carboxylic acids is 2. The number of nitrogens with one attached hydrogen (secondary N) is 1. The zero-order chi connectivity index (χ0) is 17.1. The van der Waals surface area contributed by atoms with Crippen molar-refractivity contribution in [2.45, 2.75) is 45.1 Å². The van der Waals surface area contributed by atoms with E-state index in [0.717, 1.165) is 32.1 Å². The minimum Gasteiger partial charge on any atom is -0.492 e. The van der Waals surface area contributed by atoms with Crippen LogP contribution in [0.3, 0.4) is 0 Å². The lowest BCUT2D eigenvalue weighted by Crippen LogP contribution is -2.42. The van der Waals surface area contributed by atoms with Crippen molar-refractivity contribution in [3.63, 3.8) is 0 Å². The summed E-state index contributed by atoms with van der Waals surface area (Å²) < 4.78 is 5.55. The van der Waals surface area contributed by atoms with Crippen LogP contribution < -0.4 is 10.1 Å². The van der Waals surface area contributed by atoms with Crippen molar-refractivity contribution < 1.29 is 14.3 Å². The summed E-state index contributed by atoms with van der Waals surface area (Å²) in [6.07, 6.45) is 4.93. The number of imide groups is 1. The summed E-state index contributed by atoms with van der Waals surface area (Å²) in [5, 5.41) is 2.96. The lowest BCUT2D eigenvalue weighted by atomic mass is 9.94. The molecule has 1 aromatic carbocycles. The maximum Gasteiger partial charge on any atom is 0.279 e. The molecular formula is C18H21ClN2O3. The zero-order valence-corrected chi connectivity index (χ0v) is 14.4. The van der Waals surface area contributed by atoms with Crippen LogP contribution in [-0.4, -0.2) is 29.4 Å². The molecule has 0 aromatic heterocycles. The average Bonchev–Trinajstić information content (AvgIpc) is 2.81. The van der Waals surface area contributed by atoms with Crippen LogP contribution in [-0.2, 0) is 9.59 Å². The van der Waals surface area contributed by atoms with Gasteiger partial charge in [0.05, 0.1) is 12.3 Å². The van der Waals surface area contributed by atoms with E-state index in [1.807, 2.05) is 19.1 Å². The molecule has 1 aromatic rings. The number of halogens is 1. The number of rotatable bonds is 5. The third kappa shape index (κ3) is 3.13. The van der Waals surface area contributed by atoms with Gasteiger partial charge in [-0.1, -0.05) is 43.0 Å². The van der Waals surface area contributed by atoms with Gasteiger partial charge in [0.2, 0.25) is 0 Å². The van der Waals surface area contributed by atoms with Crippen LogP contribution >= 0.6 is 11.6 Å². The minimum absolute atomic E-state index is 0.0446. The predicted molar refractivity (Wildman–Crippen MR) is 92.8 cm³/mol. The first kappa shape index (κ1) is 16.8. The molecule has 6 heteroatoms. The first-order valence-electron chi connectivity index (χ1n) is 8.40. The molecule has 1 saturated carbocycles. The standard InChI is InChI=1S/C18H21ClN2O3/c1-2-24-14-11-7-6-10-13(14)20-16-15(19)17(22)21(18(16)23)12-8-4-3-5-9-12/h6-7,10-12,20H,2-5,8-9H2,1H3. The fraction of sp³-hybridized carbons (Fsp3) is 0.444. The molecule has 1 N–H and O–H groups in total. The second-order valence-corrected chi connectivity index (χ2v) is 6.39. The van der Waals surface area contributed by atoms with Crippen molar-refractivity contribution in [1.82, 2.24) is 4.90 Å². The molecule has 1 aliphatic heterocycles. The molecule has 0 unspecified atom stereocenters. The van der Waals surface area contributed by atoms with Crippen molar-refractivity contribution in [3.05, 3.63) is 35.0 Å². The highest BCUT2D eigenvalue weighted by Gasteiger charge is 2.42. The van der Waals surface area contributed by atoms with E-state index >= 15 is 0 Å². The number of amides is 2. The molecule has 0 spiro atoms. The Balaban J connectivity index is 1.83. The van der Waals surface area contributed by atoms with Crippen LogP contribution in [0, 0.1) is 0 Å². The highest BCUT2D eigenvalue weighted by molar-refractivity contribution is 6.48. The average molecular weight is 349 g/mol. The normalized spacial score (nSPS) is 19.2. The number of carbonyl (C=O) groups is 2. The fourth-order valence-electron chi connectivity index (χ4n) is 3.28. The van der Waals surface area contributed by atoms with Crippen LogP contribution in [0.1, 0.15) is 39.0 Å². The van der Waals surface area contributed by atoms with Gasteiger partial charge in [0.1, 0.15) is 16.5 Å². The Bertz CT molecular complexity index is 681. The molecule has 0 saturated heterocycles. The molecule has 24 heavy (non-hydrogen) atoms. The Morgan fingerprint density at radius 1 is 1.17 bits per heavy atom. The van der Waals surface area contributed by atoms with Gasteiger partial charge >= 0.3 is 0 Å². The zero-order valence-electron chi connectivity index (χ0n) is 13.7. The van der Waals surface area contributed by atoms with Crippen LogP contribution in [0.5, 0.6) is 5.75 Å². The van der Waals surface area contributed by atoms with E-state index < -0.39 is 5.91 Å². The van der Waals surface area contributed by atoms with Gasteiger partial charge in [0.25, 0.3) is 11.8 Å². The Kier molecular flexibility index (Phi) is 5.09. The Morgan fingerprint density at radius 3 is 2.58 bits per heavy atom. The van der Waals surface area contributed by atoms with Crippen molar-refractivity contribution in [2.75, 3.05) is 11.9 Å². The van der Waals surface area contributed by atoms with Crippen LogP contribution in [0.4, 0.5) is 5.69 Å². The van der Waals surface area contributed by atoms with Gasteiger partial charge in [-0.3, -0.25) is 14.5 Å². The van der Waals surface area contributed by atoms with E-state index in [0.29, 0.717) is 18.0 Å². The maximum absolute atomic E-state index is 12.8. The highest BCUT2D eigenvalue weighted by Crippen LogP contribution is 2.34. The lowest BCUT2D eigenvalue weighted by molar-refractivity contribution is -0.140. The van der Waals surface area contributed by atoms with E-state index in [2.05, 4.69) is 5.32 Å². The summed E-state index contributed by atoms with van der Waals surface area (Å²) in [7, 11) is 0. The first-order valence-corrected chi connectivity index (χ1v) is 8.77. The Labute approximate surface area is 146 Å². The van der Waals surface area contributed by atoms with E-state index in [1.165, 1.54) is 4.90 Å². The number of hydrogen-bond acceptors (Lipinski definition) is 4. The molecule has 2 aliphatic rings. The van der Waals surface area contributed by atoms with Gasteiger partial charge in [-0.05, 0) is 31.9 Å². The van der Waals surface area contributed by atoms with Crippen molar-refractivity contribution in [1.29, 1.82) is 0 Å². The van der Waals surface area contributed by atoms with Gasteiger partial charge in [0, 0.05) is 6.04 Å². The molecule has 1 heterocycles. The number of anilines is 1. The SMILES string of the molecule is CCOc1ccccc1NC1=C(Cl)C(=O)N(C2CCCCC2)C1=O. The molecule has 5 nitrogen and oxygen atoms in total. The summed E-state index contributed by atoms with van der Waals surface area (Å²) in [4.78, 5) is 26.6. The summed E-state index contributed by atoms with van der Waals surface area (Å²) in [5.74, 6) is -0.124. The van der Waals surface area contributed by atoms with Gasteiger partial charge in [-0.25, -0.2) is 0 Å². The summed E-state index contributed by atoms with van der Waals surface area (Å²) in [6.45, 7) is 2.39. The van der Waals surface area contributed by atoms with Crippen molar-refractivity contribution >= 4 is 29.1 Å². The number of nitrogens with zero attached hydrogens (tertiary/aromatic N) is 1. The van der Waals surface area contributed by atoms with Crippen LogP contribution in [0.25, 0.3) is 0 Å². The van der Waals surface area contributed by atoms with E-state index in [1.54, 1.807) is 12.1 Å². The minimum atomic E-state index is -0.398. The predicted octanol–water partition coefficient (Wildman–Crippen LogP) is 3.65. The third-order valence-electron chi connectivity index (χ3n) is 4.45. The summed E-state index contributed by atoms with van der Waals surface area (Å²) >= 11 is 6.18. The number of para-hydroxylation sites is 2. The monoisotopic (exact) mass is 348 g/mol. The Morgan fingerprint density at radius 2 is 1.88 bits per heavy atom. The Hall–Kier alpha value is -2.01. The second-order valence-electron chi connectivity index (χ2n) is 6.02. The molecule has 0 atom stereocenters. The van der Waals surface area contributed by atoms with Crippen LogP contribution in [0.2, 0.25) is 0 Å². The second kappa shape index (κ2) is 7.26. The number of benzene rings is 1.